The Hall–Kier alpha value is -0.883. The molecule has 26 heavy (non-hydrogen) atoms. The molecule has 0 saturated carbocycles. The van der Waals surface area contributed by atoms with Crippen molar-refractivity contribution in [1.82, 2.24) is 4.90 Å². The molecule has 0 aromatic carbocycles. The van der Waals surface area contributed by atoms with Crippen LogP contribution < -0.4 is 0 Å². The largest absolute Gasteiger partial charge is 0.466 e. The van der Waals surface area contributed by atoms with Gasteiger partial charge in [0.25, 0.3) is 0 Å². The minimum atomic E-state index is -1.77. The van der Waals surface area contributed by atoms with E-state index in [0.29, 0.717) is 26.1 Å². The molecule has 152 valence electrons. The lowest BCUT2D eigenvalue weighted by atomic mass is 10.1. The van der Waals surface area contributed by atoms with E-state index in [1.165, 1.54) is 0 Å². The van der Waals surface area contributed by atoms with Crippen LogP contribution in [0.1, 0.15) is 72.6 Å². The fraction of sp³-hybridized carbons (Fsp3) is 0.900. The van der Waals surface area contributed by atoms with E-state index in [4.69, 9.17) is 9.16 Å². The van der Waals surface area contributed by atoms with E-state index < -0.39 is 8.32 Å². The molecular formula is C20H39NO4Si. The number of hydrogen-bond donors (Lipinski definition) is 0. The first kappa shape index (κ1) is 23.2. The lowest BCUT2D eigenvalue weighted by Crippen LogP contribution is -2.45. The summed E-state index contributed by atoms with van der Waals surface area (Å²) >= 11 is 0. The number of likely N-dealkylation sites (tertiary alicyclic amines) is 1. The molecule has 1 heterocycles. The number of ether oxygens (including phenoxy) is 1. The summed E-state index contributed by atoms with van der Waals surface area (Å²) in [5.41, 5.74) is 0. The molecule has 6 heteroatoms. The Morgan fingerprint density at radius 3 is 2.46 bits per heavy atom. The lowest BCUT2D eigenvalue weighted by Gasteiger charge is -2.38. The van der Waals surface area contributed by atoms with Crippen molar-refractivity contribution in [3.63, 3.8) is 0 Å². The van der Waals surface area contributed by atoms with E-state index in [9.17, 15) is 9.59 Å². The zero-order chi connectivity index (χ0) is 19.8. The zero-order valence-corrected chi connectivity index (χ0v) is 18.7. The fourth-order valence-electron chi connectivity index (χ4n) is 2.93. The number of nitrogens with zero attached hydrogens (tertiary/aromatic N) is 1. The van der Waals surface area contributed by atoms with Gasteiger partial charge >= 0.3 is 5.97 Å². The van der Waals surface area contributed by atoms with Crippen LogP contribution in [0.3, 0.4) is 0 Å². The second kappa shape index (κ2) is 10.5. The first-order chi connectivity index (χ1) is 12.1. The molecule has 1 aliphatic rings. The number of amides is 1. The van der Waals surface area contributed by atoms with Crippen LogP contribution in [0.2, 0.25) is 18.1 Å². The van der Waals surface area contributed by atoms with Gasteiger partial charge in [-0.1, -0.05) is 33.6 Å². The summed E-state index contributed by atoms with van der Waals surface area (Å²) in [4.78, 5) is 25.5. The van der Waals surface area contributed by atoms with E-state index in [1.807, 2.05) is 11.8 Å². The minimum Gasteiger partial charge on any atom is -0.466 e. The predicted molar refractivity (Wildman–Crippen MR) is 108 cm³/mol. The van der Waals surface area contributed by atoms with Gasteiger partial charge < -0.3 is 14.1 Å². The molecule has 1 amide bonds. The van der Waals surface area contributed by atoms with Crippen LogP contribution in [0.4, 0.5) is 0 Å². The third-order valence-electron chi connectivity index (χ3n) is 5.73. The number of rotatable bonds is 11. The van der Waals surface area contributed by atoms with E-state index >= 15 is 0 Å². The van der Waals surface area contributed by atoms with Crippen LogP contribution in [0.25, 0.3) is 0 Å². The summed E-state index contributed by atoms with van der Waals surface area (Å²) in [5, 5.41) is 0.194. The molecule has 0 unspecified atom stereocenters. The van der Waals surface area contributed by atoms with Crippen molar-refractivity contribution in [3.05, 3.63) is 0 Å². The molecule has 0 aromatic rings. The van der Waals surface area contributed by atoms with Crippen molar-refractivity contribution in [2.45, 2.75) is 96.8 Å². The van der Waals surface area contributed by atoms with Gasteiger partial charge in [-0.15, -0.1) is 0 Å². The summed E-state index contributed by atoms with van der Waals surface area (Å²) in [6.45, 7) is 15.0. The van der Waals surface area contributed by atoms with Gasteiger partial charge in [-0.3, -0.25) is 9.59 Å². The molecule has 1 saturated heterocycles. The molecule has 5 nitrogen and oxygen atoms in total. The Balaban J connectivity index is 2.31. The molecule has 0 aliphatic carbocycles. The molecule has 1 atom stereocenters. The van der Waals surface area contributed by atoms with Crippen molar-refractivity contribution < 1.29 is 18.8 Å². The highest BCUT2D eigenvalue weighted by molar-refractivity contribution is 6.74. The summed E-state index contributed by atoms with van der Waals surface area (Å²) in [6.07, 6.45) is 5.96. The summed E-state index contributed by atoms with van der Waals surface area (Å²) in [6, 6.07) is 0.233. The Morgan fingerprint density at radius 1 is 1.19 bits per heavy atom. The molecule has 0 bridgehead atoms. The van der Waals surface area contributed by atoms with E-state index in [0.717, 1.165) is 38.6 Å². The highest BCUT2D eigenvalue weighted by Gasteiger charge is 2.39. The molecule has 0 spiro atoms. The first-order valence-electron chi connectivity index (χ1n) is 10.2. The monoisotopic (exact) mass is 385 g/mol. The maximum absolute atomic E-state index is 12.2. The average molecular weight is 386 g/mol. The first-order valence-corrected chi connectivity index (χ1v) is 13.1. The van der Waals surface area contributed by atoms with Gasteiger partial charge in [-0.25, -0.2) is 0 Å². The summed E-state index contributed by atoms with van der Waals surface area (Å²) < 4.78 is 11.3. The predicted octanol–water partition coefficient (Wildman–Crippen LogP) is 4.51. The van der Waals surface area contributed by atoms with Crippen molar-refractivity contribution in [1.29, 1.82) is 0 Å². The standard InChI is InChI=1S/C20H39NO4Si/c1-7-24-19(23)12-10-8-9-11-15-21-17(13-14-18(21)22)16-25-26(5,6)20(2,3)4/h17H,7-16H2,1-6H3/t17-/m0/s1. The molecule has 0 N–H and O–H groups in total. The number of esters is 1. The van der Waals surface area contributed by atoms with Gasteiger partial charge in [0.15, 0.2) is 8.32 Å². The average Bonchev–Trinajstić information content (AvgIpc) is 2.88. The SMILES string of the molecule is CCOC(=O)CCCCCCN1C(=O)CC[C@H]1CO[Si](C)(C)C(C)(C)C. The van der Waals surface area contributed by atoms with Crippen LogP contribution in [-0.4, -0.2) is 50.9 Å². The molecule has 1 aliphatic heterocycles. The third-order valence-corrected chi connectivity index (χ3v) is 10.2. The quantitative estimate of drug-likeness (QED) is 0.298. The zero-order valence-electron chi connectivity index (χ0n) is 17.7. The van der Waals surface area contributed by atoms with Gasteiger partial charge in [0, 0.05) is 19.4 Å². The summed E-state index contributed by atoms with van der Waals surface area (Å²) in [5.74, 6) is 0.158. The normalized spacial score (nSPS) is 18.5. The van der Waals surface area contributed by atoms with Gasteiger partial charge in [0.05, 0.1) is 19.3 Å². The fourth-order valence-corrected chi connectivity index (χ4v) is 3.98. The molecular weight excluding hydrogens is 346 g/mol. The topological polar surface area (TPSA) is 55.8 Å². The molecule has 1 fully saturated rings. The van der Waals surface area contributed by atoms with Crippen molar-refractivity contribution in [2.75, 3.05) is 19.8 Å². The van der Waals surface area contributed by atoms with E-state index in [-0.39, 0.29) is 23.0 Å². The number of unbranched alkanes of at least 4 members (excludes halogenated alkanes) is 3. The Labute approximate surface area is 160 Å². The minimum absolute atomic E-state index is 0.106. The van der Waals surface area contributed by atoms with Crippen LogP contribution in [0.5, 0.6) is 0 Å². The van der Waals surface area contributed by atoms with Crippen LogP contribution in [-0.2, 0) is 18.8 Å². The van der Waals surface area contributed by atoms with Crippen LogP contribution >= 0.6 is 0 Å². The molecule has 0 aromatic heterocycles. The van der Waals surface area contributed by atoms with Crippen molar-refractivity contribution in [2.24, 2.45) is 0 Å². The highest BCUT2D eigenvalue weighted by atomic mass is 28.4. The second-order valence-corrected chi connectivity index (χ2v) is 13.6. The third kappa shape index (κ3) is 7.39. The second-order valence-electron chi connectivity index (χ2n) is 8.82. The summed E-state index contributed by atoms with van der Waals surface area (Å²) in [7, 11) is -1.77. The van der Waals surface area contributed by atoms with Crippen LogP contribution in [0.15, 0.2) is 0 Å². The van der Waals surface area contributed by atoms with Gasteiger partial charge in [-0.2, -0.15) is 0 Å². The van der Waals surface area contributed by atoms with Gasteiger partial charge in [0.1, 0.15) is 0 Å². The van der Waals surface area contributed by atoms with E-state index in [1.54, 1.807) is 0 Å². The van der Waals surface area contributed by atoms with Gasteiger partial charge in [0.2, 0.25) is 5.91 Å². The number of hydrogen-bond acceptors (Lipinski definition) is 4. The number of carbonyl (C=O) groups is 2. The Kier molecular flexibility index (Phi) is 9.31. The maximum Gasteiger partial charge on any atom is 0.305 e. The smallest absolute Gasteiger partial charge is 0.305 e. The maximum atomic E-state index is 12.2. The van der Waals surface area contributed by atoms with Crippen molar-refractivity contribution in [3.8, 4) is 0 Å². The number of carbonyl (C=O) groups excluding carboxylic acids is 2. The molecule has 0 radical (unpaired) electrons. The highest BCUT2D eigenvalue weighted by Crippen LogP contribution is 2.37. The van der Waals surface area contributed by atoms with Crippen LogP contribution in [0, 0.1) is 0 Å². The van der Waals surface area contributed by atoms with E-state index in [2.05, 4.69) is 33.9 Å². The van der Waals surface area contributed by atoms with Gasteiger partial charge in [-0.05, 0) is 44.3 Å². The lowest BCUT2D eigenvalue weighted by molar-refractivity contribution is -0.143. The molecule has 1 rings (SSSR count). The Bertz CT molecular complexity index is 459. The Morgan fingerprint density at radius 2 is 1.85 bits per heavy atom. The van der Waals surface area contributed by atoms with Crippen molar-refractivity contribution >= 4 is 20.2 Å².